The number of carbonyl (C=O) groups is 1. The molecule has 0 atom stereocenters. The smallest absolute Gasteiger partial charge is 0.335 e. The van der Waals surface area contributed by atoms with Gasteiger partial charge in [-0.25, -0.2) is 14.5 Å². The summed E-state index contributed by atoms with van der Waals surface area (Å²) in [4.78, 5) is 25.3. The fourth-order valence-corrected chi connectivity index (χ4v) is 4.45. The fourth-order valence-electron chi connectivity index (χ4n) is 4.45. The number of fused-ring (bicyclic) bond motifs is 1. The number of benzene rings is 4. The van der Waals surface area contributed by atoms with Crippen LogP contribution in [0.3, 0.4) is 0 Å². The van der Waals surface area contributed by atoms with E-state index >= 15 is 0 Å². The van der Waals surface area contributed by atoms with Gasteiger partial charge in [0.15, 0.2) is 11.6 Å². The number of ether oxygens (including phenoxy) is 1. The van der Waals surface area contributed by atoms with Crippen molar-refractivity contribution in [2.75, 3.05) is 6.61 Å². The van der Waals surface area contributed by atoms with Crippen LogP contribution in [0.2, 0.25) is 0 Å². The molecule has 0 unspecified atom stereocenters. The van der Waals surface area contributed by atoms with Gasteiger partial charge in [-0.05, 0) is 66.1 Å². The zero-order chi connectivity index (χ0) is 27.5. The number of rotatable bonds is 8. The standard InChI is InChI=1S/C32H25N5O3/c1-2-18-40-27-13-10-22(11-14-27)21-6-8-23(9-7-21)30-35-31(24-12-15-28-29(20-24)34-17-16-33-28)37(36-30)26-5-3-4-25(19-26)32(38)39/h3-17,19-20H,2,18H2,1H3,(H,38,39). The SMILES string of the molecule is CCCOc1ccc(-c2ccc(-c3nc(-c4ccc5nccnc5c4)n(-c4cccc(C(=O)O)c4)n3)cc2)cc1. The lowest BCUT2D eigenvalue weighted by Crippen LogP contribution is -2.03. The molecule has 0 aliphatic rings. The zero-order valence-corrected chi connectivity index (χ0v) is 21.7. The molecule has 1 N–H and O–H groups in total. The first kappa shape index (κ1) is 24.9. The van der Waals surface area contributed by atoms with Crippen LogP contribution in [0.1, 0.15) is 23.7 Å². The van der Waals surface area contributed by atoms with Crippen LogP contribution >= 0.6 is 0 Å². The third kappa shape index (κ3) is 5.02. The molecule has 196 valence electrons. The summed E-state index contributed by atoms with van der Waals surface area (Å²) in [6, 6.07) is 28.4. The molecular weight excluding hydrogens is 502 g/mol. The van der Waals surface area contributed by atoms with Gasteiger partial charge in [0.2, 0.25) is 0 Å². The minimum absolute atomic E-state index is 0.167. The Morgan fingerprint density at radius 2 is 1.48 bits per heavy atom. The first-order chi connectivity index (χ1) is 19.6. The molecule has 0 spiro atoms. The Hall–Kier alpha value is -5.37. The third-order valence-corrected chi connectivity index (χ3v) is 6.48. The molecule has 0 bridgehead atoms. The molecule has 40 heavy (non-hydrogen) atoms. The van der Waals surface area contributed by atoms with Crippen molar-refractivity contribution in [2.45, 2.75) is 13.3 Å². The summed E-state index contributed by atoms with van der Waals surface area (Å²) in [6.07, 6.45) is 4.26. The van der Waals surface area contributed by atoms with E-state index < -0.39 is 5.97 Å². The first-order valence-electron chi connectivity index (χ1n) is 12.9. The number of carboxylic acid groups (broad SMARTS) is 1. The highest BCUT2D eigenvalue weighted by Crippen LogP contribution is 2.29. The van der Waals surface area contributed by atoms with E-state index in [2.05, 4.69) is 16.9 Å². The second-order valence-electron chi connectivity index (χ2n) is 9.24. The first-order valence-corrected chi connectivity index (χ1v) is 12.9. The molecule has 8 heteroatoms. The lowest BCUT2D eigenvalue weighted by atomic mass is 10.0. The average molecular weight is 528 g/mol. The van der Waals surface area contributed by atoms with Crippen LogP contribution in [-0.4, -0.2) is 42.4 Å². The maximum absolute atomic E-state index is 11.7. The maximum Gasteiger partial charge on any atom is 0.335 e. The van der Waals surface area contributed by atoms with Crippen LogP contribution in [0.25, 0.3) is 50.6 Å². The van der Waals surface area contributed by atoms with Gasteiger partial charge in [-0.3, -0.25) is 9.97 Å². The second-order valence-corrected chi connectivity index (χ2v) is 9.24. The number of hydrogen-bond acceptors (Lipinski definition) is 6. The summed E-state index contributed by atoms with van der Waals surface area (Å²) in [7, 11) is 0. The van der Waals surface area contributed by atoms with Gasteiger partial charge < -0.3 is 9.84 Å². The summed E-state index contributed by atoms with van der Waals surface area (Å²) in [5.41, 5.74) is 6.02. The largest absolute Gasteiger partial charge is 0.494 e. The van der Waals surface area contributed by atoms with E-state index in [-0.39, 0.29) is 5.56 Å². The van der Waals surface area contributed by atoms with E-state index in [1.165, 1.54) is 0 Å². The monoisotopic (exact) mass is 527 g/mol. The van der Waals surface area contributed by atoms with Gasteiger partial charge in [-0.15, -0.1) is 5.10 Å². The lowest BCUT2D eigenvalue weighted by molar-refractivity contribution is 0.0697. The number of hydrogen-bond donors (Lipinski definition) is 1. The van der Waals surface area contributed by atoms with Crippen molar-refractivity contribution in [1.82, 2.24) is 24.7 Å². The molecule has 6 rings (SSSR count). The summed E-state index contributed by atoms with van der Waals surface area (Å²) in [5, 5.41) is 14.4. The number of aromatic nitrogens is 5. The third-order valence-electron chi connectivity index (χ3n) is 6.48. The van der Waals surface area contributed by atoms with Crippen LogP contribution in [0.5, 0.6) is 5.75 Å². The molecule has 0 amide bonds. The number of nitrogens with zero attached hydrogens (tertiary/aromatic N) is 5. The maximum atomic E-state index is 11.7. The molecular formula is C32H25N5O3. The lowest BCUT2D eigenvalue weighted by Gasteiger charge is -2.07. The molecule has 0 saturated carbocycles. The molecule has 0 radical (unpaired) electrons. The van der Waals surface area contributed by atoms with E-state index in [4.69, 9.17) is 14.8 Å². The number of aromatic carboxylic acids is 1. The molecule has 2 heterocycles. The van der Waals surface area contributed by atoms with Crippen molar-refractivity contribution < 1.29 is 14.6 Å². The average Bonchev–Trinajstić information content (AvgIpc) is 3.46. The van der Waals surface area contributed by atoms with Crippen LogP contribution in [0, 0.1) is 0 Å². The van der Waals surface area contributed by atoms with E-state index in [9.17, 15) is 9.90 Å². The summed E-state index contributed by atoms with van der Waals surface area (Å²) >= 11 is 0. The summed E-state index contributed by atoms with van der Waals surface area (Å²) in [5.74, 6) is 0.933. The van der Waals surface area contributed by atoms with Gasteiger partial charge in [0.05, 0.1) is 28.9 Å². The van der Waals surface area contributed by atoms with Gasteiger partial charge in [-0.1, -0.05) is 49.4 Å². The van der Waals surface area contributed by atoms with Crippen LogP contribution in [0.15, 0.2) is 103 Å². The van der Waals surface area contributed by atoms with Crippen molar-refractivity contribution >= 4 is 17.0 Å². The van der Waals surface area contributed by atoms with Crippen molar-refractivity contribution in [2.24, 2.45) is 0 Å². The van der Waals surface area contributed by atoms with Crippen LogP contribution < -0.4 is 4.74 Å². The normalized spacial score (nSPS) is 11.0. The molecule has 8 nitrogen and oxygen atoms in total. The highest BCUT2D eigenvalue weighted by Gasteiger charge is 2.17. The van der Waals surface area contributed by atoms with Crippen molar-refractivity contribution in [1.29, 1.82) is 0 Å². The second kappa shape index (κ2) is 10.8. The van der Waals surface area contributed by atoms with Gasteiger partial charge in [0.1, 0.15) is 5.75 Å². The van der Waals surface area contributed by atoms with Crippen molar-refractivity contribution in [3.63, 3.8) is 0 Å². The van der Waals surface area contributed by atoms with Gasteiger partial charge in [-0.2, -0.15) is 0 Å². The molecule has 2 aromatic heterocycles. The van der Waals surface area contributed by atoms with Crippen molar-refractivity contribution in [3.8, 4) is 45.3 Å². The Balaban J connectivity index is 1.39. The van der Waals surface area contributed by atoms with E-state index in [0.29, 0.717) is 23.9 Å². The Kier molecular flexibility index (Phi) is 6.72. The predicted octanol–water partition coefficient (Wildman–Crippen LogP) is 6.70. The Morgan fingerprint density at radius 3 is 2.20 bits per heavy atom. The summed E-state index contributed by atoms with van der Waals surface area (Å²) < 4.78 is 7.36. The molecule has 0 saturated heterocycles. The van der Waals surface area contributed by atoms with Gasteiger partial charge >= 0.3 is 5.97 Å². The molecule has 0 fully saturated rings. The Morgan fingerprint density at radius 1 is 0.800 bits per heavy atom. The molecule has 6 aromatic rings. The minimum atomic E-state index is -1.01. The quantitative estimate of drug-likeness (QED) is 0.235. The summed E-state index contributed by atoms with van der Waals surface area (Å²) in [6.45, 7) is 2.78. The van der Waals surface area contributed by atoms with E-state index in [1.807, 2.05) is 72.8 Å². The molecule has 0 aliphatic carbocycles. The fraction of sp³-hybridized carbons (Fsp3) is 0.0938. The highest BCUT2D eigenvalue weighted by atomic mass is 16.5. The van der Waals surface area contributed by atoms with Crippen molar-refractivity contribution in [3.05, 3.63) is 109 Å². The van der Waals surface area contributed by atoms with Crippen LogP contribution in [-0.2, 0) is 0 Å². The Bertz CT molecular complexity index is 1810. The predicted molar refractivity (Wildman–Crippen MR) is 154 cm³/mol. The minimum Gasteiger partial charge on any atom is -0.494 e. The molecule has 4 aromatic carbocycles. The number of carboxylic acids is 1. The van der Waals surface area contributed by atoms with Gasteiger partial charge in [0.25, 0.3) is 0 Å². The highest BCUT2D eigenvalue weighted by molar-refractivity contribution is 5.88. The molecule has 0 aliphatic heterocycles. The van der Waals surface area contributed by atoms with E-state index in [1.54, 1.807) is 35.3 Å². The Labute approximate surface area is 230 Å². The van der Waals surface area contributed by atoms with E-state index in [0.717, 1.165) is 45.5 Å². The van der Waals surface area contributed by atoms with Crippen LogP contribution in [0.4, 0.5) is 0 Å². The zero-order valence-electron chi connectivity index (χ0n) is 21.7. The van der Waals surface area contributed by atoms with Gasteiger partial charge in [0, 0.05) is 23.5 Å². The topological polar surface area (TPSA) is 103 Å².